The second kappa shape index (κ2) is 41.1. The fraction of sp³-hybridized carbons (Fsp3) is 0.650. The first-order valence-electron chi connectivity index (χ1n) is 33.1. The highest BCUT2D eigenvalue weighted by molar-refractivity contribution is 7.14. The van der Waals surface area contributed by atoms with Crippen molar-refractivity contribution in [3.8, 4) is 10.7 Å². The smallest absolute Gasteiger partial charge is 0.404 e. The van der Waals surface area contributed by atoms with Crippen LogP contribution in [0.25, 0.3) is 10.7 Å². The first-order valence-corrected chi connectivity index (χ1v) is 34.8. The minimum absolute atomic E-state index is 0.0146. The van der Waals surface area contributed by atoms with Crippen LogP contribution in [0.3, 0.4) is 0 Å². The molecule has 574 valence electrons. The van der Waals surface area contributed by atoms with E-state index in [1.165, 1.54) is 50.4 Å². The Hall–Kier alpha value is -7.77. The number of anilines is 1. The number of aliphatic hydroxyl groups excluding tert-OH is 8. The third kappa shape index (κ3) is 24.1. The molecule has 0 bridgehead atoms. The van der Waals surface area contributed by atoms with Gasteiger partial charge in [0.25, 0.3) is 11.8 Å². The van der Waals surface area contributed by atoms with Crippen molar-refractivity contribution in [1.82, 2.24) is 72.4 Å². The molecule has 6 heterocycles. The molecule has 0 aliphatic carbocycles. The van der Waals surface area contributed by atoms with Gasteiger partial charge in [-0.05, 0) is 79.2 Å². The van der Waals surface area contributed by atoms with E-state index in [-0.39, 0.29) is 54.0 Å². The van der Waals surface area contributed by atoms with Crippen LogP contribution in [0.5, 0.6) is 0 Å². The van der Waals surface area contributed by atoms with E-state index in [1.54, 1.807) is 10.8 Å². The summed E-state index contributed by atoms with van der Waals surface area (Å²) in [6.45, 7) is 7.22. The summed E-state index contributed by atoms with van der Waals surface area (Å²) in [5.74, 6) is -8.73. The van der Waals surface area contributed by atoms with Crippen molar-refractivity contribution in [3.05, 3.63) is 56.8 Å². The number of nitrogens with zero attached hydrogens (tertiary/aromatic N) is 5. The maximum atomic E-state index is 15.2. The van der Waals surface area contributed by atoms with E-state index in [9.17, 15) is 74.4 Å². The van der Waals surface area contributed by atoms with Crippen molar-refractivity contribution < 1.29 is 103 Å². The average Bonchev–Trinajstić information content (AvgIpc) is 1.26. The van der Waals surface area contributed by atoms with Gasteiger partial charge in [0.1, 0.15) is 94.6 Å². The van der Waals surface area contributed by atoms with Crippen molar-refractivity contribution in [2.45, 2.75) is 176 Å². The monoisotopic (exact) mass is 1500 g/mol. The van der Waals surface area contributed by atoms with Gasteiger partial charge in [0, 0.05) is 48.8 Å². The highest BCUT2D eigenvalue weighted by Crippen LogP contribution is 2.35. The summed E-state index contributed by atoms with van der Waals surface area (Å²) in [7, 11) is 0. The lowest BCUT2D eigenvalue weighted by atomic mass is 9.96. The van der Waals surface area contributed by atoms with Gasteiger partial charge < -0.3 is 146 Å². The maximum absolute atomic E-state index is 15.2. The van der Waals surface area contributed by atoms with Crippen LogP contribution in [-0.4, -0.2) is 282 Å². The molecule has 2 saturated heterocycles. The molecule has 103 heavy (non-hydrogen) atoms. The van der Waals surface area contributed by atoms with Crippen molar-refractivity contribution in [1.29, 1.82) is 0 Å². The summed E-state index contributed by atoms with van der Waals surface area (Å²) < 4.78 is 28.8. The minimum atomic E-state index is -2.20. The van der Waals surface area contributed by atoms with E-state index in [0.29, 0.717) is 28.8 Å². The molecule has 29 N–H and O–H groups in total. The number of aromatic nitrogens is 6. The number of nitrogen functional groups attached to an aromatic ring is 1. The molecular formula is C60H96N20O21S2. The average molecular weight is 1500 g/mol. The number of nitrogens with two attached hydrogens (primary N) is 6. The molecule has 2 fully saturated rings. The number of aliphatic hydroxyl groups is 8. The molecule has 0 saturated carbocycles. The van der Waals surface area contributed by atoms with E-state index in [4.69, 9.17) is 58.1 Å². The summed E-state index contributed by atoms with van der Waals surface area (Å²) in [6.07, 6.45) is -21.4. The molecule has 8 amide bonds. The fourth-order valence-electron chi connectivity index (χ4n) is 10.6. The van der Waals surface area contributed by atoms with Gasteiger partial charge >= 0.3 is 6.09 Å². The quantitative estimate of drug-likeness (QED) is 0.0183. The molecule has 6 rings (SSSR count). The van der Waals surface area contributed by atoms with E-state index >= 15 is 4.79 Å². The van der Waals surface area contributed by atoms with Gasteiger partial charge in [-0.2, -0.15) is 0 Å². The second-order valence-electron chi connectivity index (χ2n) is 24.5. The SMILES string of the molecule is Cc1c(N)nc(C(CC(N)=O)NCC(N)C(N)=O)nc1C(=O)NC(C(=O)NC(C)C(O)C(C)C(=O)NC(C(=O)NCCc1nc(-c2nc(C(=O)NCCCNCCCCNCCCN)cs2)cs1)C(C)O)C(OC1OC(CO)C(O)C(O)C1OC1OC(CO)C(O)C(OC(N)=O)C1O)c1cnc[nH]1. The second-order valence-corrected chi connectivity index (χ2v) is 26.3. The number of carbonyl (C=O) groups is 8. The zero-order valence-corrected chi connectivity index (χ0v) is 58.6. The van der Waals surface area contributed by atoms with E-state index < -0.39 is 183 Å². The first kappa shape index (κ1) is 84.2. The summed E-state index contributed by atoms with van der Waals surface area (Å²) in [5, 5.41) is 115. The van der Waals surface area contributed by atoms with Crippen LogP contribution >= 0.6 is 22.7 Å². The lowest BCUT2D eigenvalue weighted by Gasteiger charge is -2.47. The Bertz CT molecular complexity index is 3400. The number of amides is 8. The van der Waals surface area contributed by atoms with Crippen LogP contribution in [0.15, 0.2) is 23.3 Å². The minimum Gasteiger partial charge on any atom is -0.441 e. The van der Waals surface area contributed by atoms with Gasteiger partial charge in [-0.15, -0.1) is 22.7 Å². The molecule has 41 nitrogen and oxygen atoms in total. The molecule has 2 aliphatic heterocycles. The number of unbranched alkanes of at least 4 members (excludes halogenated alkanes) is 1. The normalized spacial score (nSPS) is 23.1. The summed E-state index contributed by atoms with van der Waals surface area (Å²) >= 11 is 2.51. The van der Waals surface area contributed by atoms with Gasteiger partial charge in [-0.25, -0.2) is 29.7 Å². The Morgan fingerprint density at radius 2 is 1.39 bits per heavy atom. The largest absolute Gasteiger partial charge is 0.441 e. The molecular weight excluding hydrogens is 1400 g/mol. The van der Waals surface area contributed by atoms with Crippen LogP contribution in [0.2, 0.25) is 0 Å². The highest BCUT2D eigenvalue weighted by Gasteiger charge is 2.54. The molecule has 2 aliphatic rings. The lowest BCUT2D eigenvalue weighted by Crippen LogP contribution is -2.65. The molecule has 4 aromatic rings. The predicted octanol–water partition coefficient (Wildman–Crippen LogP) is -8.27. The summed E-state index contributed by atoms with van der Waals surface area (Å²) in [6, 6.07) is -7.87. The standard InChI is InChI=1S/C60H96N20O21S2/c1-25-38(77-51(80-49(25)64)30(17-36(63)84)72-18-29(62)50(65)90)55(94)79-40(46(31-19-69-24-73-31)99-59-48(44(88)42(86)34(20-81)98-59)100-58-45(89)47(101-60(66)96)43(87)35(21-82)97-58)56(95)74-27(3)41(85)26(2)52(91)78-39(28(4)83)54(93)71-16-9-37-75-33(23-102-37)57-76-32(22-103-57)53(92)70-15-8-14-68-12-6-5-11-67-13-7-10-61/h19,22-24,26-30,34-35,39-48,58-59,67-68,72,81-83,85-89H,5-18,20-21,61-62H2,1-4H3,(H2,63,84)(H2,65,90)(H2,66,96)(H,69,73)(H,70,92)(H,71,93)(H,74,95)(H,78,91)(H,79,94)(H2,64,77,80). The number of hydrogen-bond acceptors (Lipinski definition) is 34. The fourth-order valence-corrected chi connectivity index (χ4v) is 12.2. The van der Waals surface area contributed by atoms with Crippen LogP contribution in [0, 0.1) is 12.8 Å². The Kier molecular flexibility index (Phi) is 33.6. The van der Waals surface area contributed by atoms with Crippen LogP contribution in [0.1, 0.15) is 108 Å². The lowest BCUT2D eigenvalue weighted by molar-refractivity contribution is -0.372. The molecule has 0 radical (unpaired) electrons. The van der Waals surface area contributed by atoms with Gasteiger partial charge in [-0.3, -0.25) is 33.6 Å². The van der Waals surface area contributed by atoms with E-state index in [2.05, 4.69) is 72.4 Å². The summed E-state index contributed by atoms with van der Waals surface area (Å²) in [5.41, 5.74) is 33.6. The zero-order chi connectivity index (χ0) is 75.8. The summed E-state index contributed by atoms with van der Waals surface area (Å²) in [4.78, 5) is 131. The molecule has 19 atom stereocenters. The predicted molar refractivity (Wildman–Crippen MR) is 363 cm³/mol. The van der Waals surface area contributed by atoms with Crippen LogP contribution in [-0.2, 0) is 54.1 Å². The molecule has 0 aromatic carbocycles. The third-order valence-electron chi connectivity index (χ3n) is 16.6. The number of H-pyrrole nitrogens is 1. The molecule has 0 spiro atoms. The van der Waals surface area contributed by atoms with Crippen molar-refractivity contribution in [2.75, 3.05) is 71.3 Å². The Morgan fingerprint density at radius 3 is 2.02 bits per heavy atom. The Labute approximate surface area is 598 Å². The first-order chi connectivity index (χ1) is 49.0. The third-order valence-corrected chi connectivity index (χ3v) is 18.4. The number of primary amides is 3. The maximum Gasteiger partial charge on any atom is 0.404 e. The Morgan fingerprint density at radius 1 is 0.718 bits per heavy atom. The number of carbonyl (C=O) groups excluding carboxylic acids is 8. The van der Waals surface area contributed by atoms with Crippen molar-refractivity contribution >= 4 is 75.9 Å². The number of rotatable bonds is 43. The number of imidazole rings is 1. The van der Waals surface area contributed by atoms with Crippen LogP contribution < -0.4 is 76.9 Å². The van der Waals surface area contributed by atoms with Gasteiger partial charge in [0.05, 0.1) is 72.7 Å². The number of thiazole rings is 2. The Balaban J connectivity index is 1.19. The number of hydrogen-bond donors (Lipinski definition) is 23. The topological polar surface area (TPSA) is 677 Å². The van der Waals surface area contributed by atoms with Gasteiger partial charge in [0.2, 0.25) is 29.5 Å². The van der Waals surface area contributed by atoms with Crippen LogP contribution in [0.4, 0.5) is 10.6 Å². The van der Waals surface area contributed by atoms with E-state index in [1.807, 2.05) is 0 Å². The van der Waals surface area contributed by atoms with Gasteiger partial charge in [0.15, 0.2) is 18.7 Å². The van der Waals surface area contributed by atoms with Crippen molar-refractivity contribution in [3.63, 3.8) is 0 Å². The van der Waals surface area contributed by atoms with Gasteiger partial charge in [-0.1, -0.05) is 6.92 Å². The van der Waals surface area contributed by atoms with E-state index in [0.717, 1.165) is 64.4 Å². The molecule has 4 aromatic heterocycles. The molecule has 19 unspecified atom stereocenters. The number of aromatic amines is 1. The van der Waals surface area contributed by atoms with Crippen molar-refractivity contribution in [2.24, 2.45) is 34.6 Å². The zero-order valence-electron chi connectivity index (χ0n) is 57.0. The molecule has 43 heteroatoms. The number of nitrogens with one attached hydrogen (secondary N) is 9. The number of ether oxygens (including phenoxy) is 5. The highest BCUT2D eigenvalue weighted by atomic mass is 32.1.